The van der Waals surface area contributed by atoms with Gasteiger partial charge < -0.3 is 14.6 Å². The molecule has 0 bridgehead atoms. The summed E-state index contributed by atoms with van der Waals surface area (Å²) in [6, 6.07) is 6.47. The second-order valence-electron chi connectivity index (χ2n) is 6.48. The lowest BCUT2D eigenvalue weighted by molar-refractivity contribution is 0.120. The van der Waals surface area contributed by atoms with Crippen molar-refractivity contribution in [2.75, 3.05) is 6.61 Å². The summed E-state index contributed by atoms with van der Waals surface area (Å²) in [6.07, 6.45) is 1.48. The van der Waals surface area contributed by atoms with Crippen LogP contribution in [-0.2, 0) is 6.54 Å². The van der Waals surface area contributed by atoms with Crippen molar-refractivity contribution >= 4 is 28.8 Å². The molecule has 0 spiro atoms. The van der Waals surface area contributed by atoms with Gasteiger partial charge >= 0.3 is 6.16 Å². The summed E-state index contributed by atoms with van der Waals surface area (Å²) in [7, 11) is 0. The molecule has 7 nitrogen and oxygen atoms in total. The molecule has 0 amide bonds. The van der Waals surface area contributed by atoms with Gasteiger partial charge in [-0.3, -0.25) is 0 Å². The molecule has 0 unspecified atom stereocenters. The molecule has 3 rings (SSSR count). The quantitative estimate of drug-likeness (QED) is 0.628. The van der Waals surface area contributed by atoms with E-state index in [-0.39, 0.29) is 18.9 Å². The second-order valence-corrected chi connectivity index (χ2v) is 6.91. The minimum absolute atomic E-state index is 0.115. The standard InChI is InChI=1S/C18H17ClFN3O4/c1-18(2,20)10-26-14-4-3-12(19)7-11(14)9-23-16-13(8-22-23)15(5-6-21-16)27-17(24)25/h3-8H,9-10H2,1-2H3,(H,24,25). The van der Waals surface area contributed by atoms with Gasteiger partial charge in [-0.1, -0.05) is 11.6 Å². The molecule has 2 aromatic heterocycles. The Morgan fingerprint density at radius 2 is 2.11 bits per heavy atom. The summed E-state index contributed by atoms with van der Waals surface area (Å²) in [5.41, 5.74) is -0.367. The largest absolute Gasteiger partial charge is 0.511 e. The van der Waals surface area contributed by atoms with E-state index in [9.17, 15) is 9.18 Å². The number of pyridine rings is 1. The van der Waals surface area contributed by atoms with Crippen LogP contribution < -0.4 is 9.47 Å². The number of halogens is 2. The predicted octanol–water partition coefficient (Wildman–Crippen LogP) is 4.32. The van der Waals surface area contributed by atoms with Gasteiger partial charge in [0.15, 0.2) is 5.65 Å². The molecule has 0 aliphatic heterocycles. The van der Waals surface area contributed by atoms with Gasteiger partial charge in [-0.2, -0.15) is 5.10 Å². The lowest BCUT2D eigenvalue weighted by atomic mass is 10.1. The van der Waals surface area contributed by atoms with E-state index in [0.29, 0.717) is 27.4 Å². The van der Waals surface area contributed by atoms with Crippen LogP contribution in [0.15, 0.2) is 36.7 Å². The Bertz CT molecular complexity index is 984. The number of aromatic nitrogens is 3. The first-order chi connectivity index (χ1) is 12.7. The van der Waals surface area contributed by atoms with Gasteiger partial charge in [0.2, 0.25) is 0 Å². The Hall–Kier alpha value is -2.87. The average Bonchev–Trinajstić information content (AvgIpc) is 2.97. The molecule has 3 aromatic rings. The summed E-state index contributed by atoms with van der Waals surface area (Å²) >= 11 is 6.09. The fraction of sp³-hybridized carbons (Fsp3) is 0.278. The number of hydrogen-bond acceptors (Lipinski definition) is 5. The number of ether oxygens (including phenoxy) is 2. The monoisotopic (exact) mass is 393 g/mol. The van der Waals surface area contributed by atoms with Crippen molar-refractivity contribution in [3.63, 3.8) is 0 Å². The molecule has 0 fully saturated rings. The summed E-state index contributed by atoms with van der Waals surface area (Å²) < 4.78 is 25.7. The van der Waals surface area contributed by atoms with Crippen LogP contribution in [0.1, 0.15) is 19.4 Å². The molecule has 2 heterocycles. The molecule has 0 saturated heterocycles. The van der Waals surface area contributed by atoms with Crippen LogP contribution >= 0.6 is 11.6 Å². The molecule has 0 aliphatic carbocycles. The van der Waals surface area contributed by atoms with Crippen molar-refractivity contribution in [2.45, 2.75) is 26.1 Å². The molecular formula is C18H17ClFN3O4. The number of hydrogen-bond donors (Lipinski definition) is 1. The number of rotatable bonds is 6. The highest BCUT2D eigenvalue weighted by molar-refractivity contribution is 6.30. The molecule has 0 atom stereocenters. The van der Waals surface area contributed by atoms with E-state index in [1.807, 2.05) is 0 Å². The maximum absolute atomic E-state index is 13.8. The van der Waals surface area contributed by atoms with Crippen molar-refractivity contribution in [1.29, 1.82) is 0 Å². The number of benzene rings is 1. The molecule has 27 heavy (non-hydrogen) atoms. The Labute approximate surface area is 159 Å². The molecule has 9 heteroatoms. The van der Waals surface area contributed by atoms with Gasteiger partial charge in [0, 0.05) is 22.8 Å². The van der Waals surface area contributed by atoms with Crippen molar-refractivity contribution < 1.29 is 23.8 Å². The summed E-state index contributed by atoms with van der Waals surface area (Å²) in [5, 5.41) is 14.0. The molecule has 142 valence electrons. The van der Waals surface area contributed by atoms with E-state index < -0.39 is 11.8 Å². The Morgan fingerprint density at radius 1 is 1.33 bits per heavy atom. The highest BCUT2D eigenvalue weighted by Crippen LogP contribution is 2.28. The van der Waals surface area contributed by atoms with Crippen LogP contribution in [0.4, 0.5) is 9.18 Å². The maximum Gasteiger partial charge on any atom is 0.511 e. The number of nitrogens with zero attached hydrogens (tertiary/aromatic N) is 3. The van der Waals surface area contributed by atoms with Crippen molar-refractivity contribution in [3.8, 4) is 11.5 Å². The molecule has 1 aromatic carbocycles. The van der Waals surface area contributed by atoms with Crippen molar-refractivity contribution in [2.24, 2.45) is 0 Å². The second kappa shape index (κ2) is 7.40. The van der Waals surface area contributed by atoms with Gasteiger partial charge in [-0.25, -0.2) is 18.9 Å². The summed E-state index contributed by atoms with van der Waals surface area (Å²) in [5.74, 6) is 0.618. The SMILES string of the molecule is CC(C)(F)COc1ccc(Cl)cc1Cn1ncc2c(OC(=O)O)ccnc21. The summed E-state index contributed by atoms with van der Waals surface area (Å²) in [4.78, 5) is 15.0. The molecule has 0 radical (unpaired) electrons. The van der Waals surface area contributed by atoms with Crippen LogP contribution in [0.5, 0.6) is 11.5 Å². The third-order valence-electron chi connectivity index (χ3n) is 3.61. The minimum atomic E-state index is -1.49. The highest BCUT2D eigenvalue weighted by atomic mass is 35.5. The van der Waals surface area contributed by atoms with E-state index in [4.69, 9.17) is 26.2 Å². The van der Waals surface area contributed by atoms with Crippen molar-refractivity contribution in [1.82, 2.24) is 14.8 Å². The van der Waals surface area contributed by atoms with Crippen molar-refractivity contribution in [3.05, 3.63) is 47.2 Å². The minimum Gasteiger partial charge on any atom is -0.490 e. The Morgan fingerprint density at radius 3 is 2.81 bits per heavy atom. The lowest BCUT2D eigenvalue weighted by Gasteiger charge is -2.17. The molecule has 0 saturated carbocycles. The molecule has 0 aliphatic rings. The maximum atomic E-state index is 13.8. The Kier molecular flexibility index (Phi) is 5.18. The first kappa shape index (κ1) is 18.9. The van der Waals surface area contributed by atoms with Gasteiger partial charge in [0.25, 0.3) is 0 Å². The van der Waals surface area contributed by atoms with Crippen LogP contribution in [0.2, 0.25) is 5.02 Å². The normalized spacial score (nSPS) is 11.6. The van der Waals surface area contributed by atoms with Crippen LogP contribution in [0.3, 0.4) is 0 Å². The first-order valence-electron chi connectivity index (χ1n) is 8.04. The van der Waals surface area contributed by atoms with Gasteiger partial charge in [-0.05, 0) is 32.0 Å². The molecule has 1 N–H and O–H groups in total. The zero-order valence-electron chi connectivity index (χ0n) is 14.6. The van der Waals surface area contributed by atoms with Gasteiger partial charge in [-0.15, -0.1) is 0 Å². The van der Waals surface area contributed by atoms with Crippen LogP contribution in [0, 0.1) is 0 Å². The lowest BCUT2D eigenvalue weighted by Crippen LogP contribution is -2.23. The number of fused-ring (bicyclic) bond motifs is 1. The van der Waals surface area contributed by atoms with E-state index in [1.54, 1.807) is 22.9 Å². The van der Waals surface area contributed by atoms with Crippen LogP contribution in [0.25, 0.3) is 11.0 Å². The third kappa shape index (κ3) is 4.65. The topological polar surface area (TPSA) is 86.5 Å². The highest BCUT2D eigenvalue weighted by Gasteiger charge is 2.18. The Balaban J connectivity index is 1.93. The van der Waals surface area contributed by atoms with E-state index >= 15 is 0 Å². The summed E-state index contributed by atoms with van der Waals surface area (Å²) in [6.45, 7) is 2.99. The number of alkyl halides is 1. The van der Waals surface area contributed by atoms with E-state index in [2.05, 4.69) is 10.1 Å². The van der Waals surface area contributed by atoms with E-state index in [1.165, 1.54) is 32.3 Å². The smallest absolute Gasteiger partial charge is 0.490 e. The fourth-order valence-corrected chi connectivity index (χ4v) is 2.67. The predicted molar refractivity (Wildman–Crippen MR) is 97.4 cm³/mol. The zero-order chi connectivity index (χ0) is 19.6. The first-order valence-corrected chi connectivity index (χ1v) is 8.42. The van der Waals surface area contributed by atoms with Gasteiger partial charge in [0.05, 0.1) is 18.1 Å². The third-order valence-corrected chi connectivity index (χ3v) is 3.85. The van der Waals surface area contributed by atoms with Gasteiger partial charge in [0.1, 0.15) is 23.8 Å². The van der Waals surface area contributed by atoms with E-state index in [0.717, 1.165) is 0 Å². The number of carboxylic acid groups (broad SMARTS) is 1. The van der Waals surface area contributed by atoms with Crippen LogP contribution in [-0.4, -0.2) is 38.3 Å². The number of carbonyl (C=O) groups is 1. The molecular weight excluding hydrogens is 377 g/mol. The average molecular weight is 394 g/mol. The fourth-order valence-electron chi connectivity index (χ4n) is 2.48. The zero-order valence-corrected chi connectivity index (χ0v) is 15.4.